The normalized spacial score (nSPS) is 10.3. The van der Waals surface area contributed by atoms with Crippen molar-refractivity contribution in [3.8, 4) is 0 Å². The van der Waals surface area contributed by atoms with Crippen molar-refractivity contribution < 1.29 is 18.1 Å². The lowest BCUT2D eigenvalue weighted by Crippen LogP contribution is -2.03. The maximum absolute atomic E-state index is 13.4. The second-order valence-corrected chi connectivity index (χ2v) is 3.74. The highest BCUT2D eigenvalue weighted by Crippen LogP contribution is 2.25. The third-order valence-electron chi connectivity index (χ3n) is 2.34. The van der Waals surface area contributed by atoms with Crippen LogP contribution in [0.15, 0.2) is 24.3 Å². The molecule has 20 heavy (non-hydrogen) atoms. The fraction of sp³-hybridized carbons (Fsp3) is 0. The van der Waals surface area contributed by atoms with Gasteiger partial charge in [-0.15, -0.1) is 0 Å². The van der Waals surface area contributed by atoms with Crippen LogP contribution in [0.25, 0.3) is 0 Å². The van der Waals surface area contributed by atoms with Gasteiger partial charge < -0.3 is 11.1 Å². The van der Waals surface area contributed by atoms with Crippen molar-refractivity contribution in [2.75, 3.05) is 11.1 Å². The van der Waals surface area contributed by atoms with E-state index in [4.69, 9.17) is 5.73 Å². The minimum Gasteiger partial charge on any atom is -0.383 e. The molecule has 1 aromatic carbocycles. The van der Waals surface area contributed by atoms with Crippen molar-refractivity contribution in [3.05, 3.63) is 51.8 Å². The van der Waals surface area contributed by atoms with Gasteiger partial charge in [-0.2, -0.15) is 0 Å². The van der Waals surface area contributed by atoms with Crippen LogP contribution >= 0.6 is 0 Å². The molecule has 0 radical (unpaired) electrons. The van der Waals surface area contributed by atoms with E-state index >= 15 is 0 Å². The van der Waals surface area contributed by atoms with Gasteiger partial charge in [0.25, 0.3) is 5.69 Å². The number of rotatable bonds is 3. The SMILES string of the molecule is Nc1cc([N+](=O)[O-])cc(Nc2ccc(F)c(F)c2F)n1. The van der Waals surface area contributed by atoms with Crippen molar-refractivity contribution in [1.29, 1.82) is 0 Å². The minimum absolute atomic E-state index is 0.165. The molecule has 9 heteroatoms. The molecular formula is C11H7F3N4O2. The Morgan fingerprint density at radius 2 is 1.90 bits per heavy atom. The van der Waals surface area contributed by atoms with Gasteiger partial charge in [0.15, 0.2) is 17.5 Å². The molecule has 0 saturated heterocycles. The van der Waals surface area contributed by atoms with E-state index in [1.807, 2.05) is 0 Å². The van der Waals surface area contributed by atoms with Gasteiger partial charge in [-0.05, 0) is 12.1 Å². The van der Waals surface area contributed by atoms with E-state index < -0.39 is 28.1 Å². The summed E-state index contributed by atoms with van der Waals surface area (Å²) in [6.07, 6.45) is 0. The second kappa shape index (κ2) is 5.03. The summed E-state index contributed by atoms with van der Waals surface area (Å²) in [5.74, 6) is -4.81. The number of benzene rings is 1. The smallest absolute Gasteiger partial charge is 0.276 e. The number of nitrogen functional groups attached to an aromatic ring is 1. The van der Waals surface area contributed by atoms with Crippen molar-refractivity contribution in [3.63, 3.8) is 0 Å². The van der Waals surface area contributed by atoms with E-state index in [1.54, 1.807) is 0 Å². The van der Waals surface area contributed by atoms with Crippen LogP contribution in [0.4, 0.5) is 36.2 Å². The third-order valence-corrected chi connectivity index (χ3v) is 2.34. The van der Waals surface area contributed by atoms with E-state index in [2.05, 4.69) is 10.3 Å². The lowest BCUT2D eigenvalue weighted by Gasteiger charge is -2.08. The average molecular weight is 284 g/mol. The number of nitrogens with one attached hydrogen (secondary N) is 1. The summed E-state index contributed by atoms with van der Waals surface area (Å²) in [6.45, 7) is 0. The fourth-order valence-corrected chi connectivity index (χ4v) is 1.47. The van der Waals surface area contributed by atoms with Crippen molar-refractivity contribution in [1.82, 2.24) is 4.98 Å². The molecular weight excluding hydrogens is 277 g/mol. The predicted molar refractivity (Wildman–Crippen MR) is 64.9 cm³/mol. The van der Waals surface area contributed by atoms with E-state index in [1.165, 1.54) is 0 Å². The van der Waals surface area contributed by atoms with Crippen LogP contribution < -0.4 is 11.1 Å². The Labute approximate surface area is 110 Å². The number of anilines is 3. The van der Waals surface area contributed by atoms with Crippen LogP contribution in [0.2, 0.25) is 0 Å². The Hall–Kier alpha value is -2.84. The zero-order valence-electron chi connectivity index (χ0n) is 9.73. The molecule has 0 atom stereocenters. The Morgan fingerprint density at radius 3 is 2.55 bits per heavy atom. The highest BCUT2D eigenvalue weighted by molar-refractivity contribution is 5.62. The molecule has 0 aliphatic rings. The highest BCUT2D eigenvalue weighted by Gasteiger charge is 2.15. The molecule has 0 bridgehead atoms. The minimum atomic E-state index is -1.66. The van der Waals surface area contributed by atoms with Gasteiger partial charge >= 0.3 is 0 Å². The summed E-state index contributed by atoms with van der Waals surface area (Å²) >= 11 is 0. The average Bonchev–Trinajstić information content (AvgIpc) is 2.39. The first-order chi connectivity index (χ1) is 9.38. The third kappa shape index (κ3) is 2.60. The number of halogens is 3. The topological polar surface area (TPSA) is 94.1 Å². The fourth-order valence-electron chi connectivity index (χ4n) is 1.47. The number of aromatic nitrogens is 1. The van der Waals surface area contributed by atoms with E-state index in [-0.39, 0.29) is 17.3 Å². The first-order valence-electron chi connectivity index (χ1n) is 5.21. The van der Waals surface area contributed by atoms with Crippen molar-refractivity contribution in [2.45, 2.75) is 0 Å². The highest BCUT2D eigenvalue weighted by atomic mass is 19.2. The van der Waals surface area contributed by atoms with Crippen LogP contribution in [0, 0.1) is 27.6 Å². The Morgan fingerprint density at radius 1 is 1.20 bits per heavy atom. The van der Waals surface area contributed by atoms with E-state index in [9.17, 15) is 23.3 Å². The molecule has 0 saturated carbocycles. The molecule has 0 aliphatic carbocycles. The Balaban J connectivity index is 2.40. The van der Waals surface area contributed by atoms with Crippen molar-refractivity contribution in [2.24, 2.45) is 0 Å². The van der Waals surface area contributed by atoms with Crippen LogP contribution in [-0.4, -0.2) is 9.91 Å². The predicted octanol–water partition coefficient (Wildman–Crippen LogP) is 2.73. The van der Waals surface area contributed by atoms with Gasteiger partial charge in [0.2, 0.25) is 0 Å². The summed E-state index contributed by atoms with van der Waals surface area (Å²) in [4.78, 5) is 13.6. The van der Waals surface area contributed by atoms with Gasteiger partial charge in [-0.1, -0.05) is 0 Å². The first-order valence-corrected chi connectivity index (χ1v) is 5.21. The maximum atomic E-state index is 13.4. The standard InChI is InChI=1S/C11H7F3N4O2/c12-6-1-2-7(11(14)10(6)13)16-9-4-5(18(19)20)3-8(15)17-9/h1-4H,(H3,15,16,17). The molecule has 2 rings (SSSR count). The van der Waals surface area contributed by atoms with Crippen LogP contribution in [0.3, 0.4) is 0 Å². The molecule has 0 aliphatic heterocycles. The molecule has 3 N–H and O–H groups in total. The lowest BCUT2D eigenvalue weighted by molar-refractivity contribution is -0.384. The van der Waals surface area contributed by atoms with Crippen LogP contribution in [0.5, 0.6) is 0 Å². The molecule has 0 fully saturated rings. The van der Waals surface area contributed by atoms with Gasteiger partial charge in [-0.25, -0.2) is 18.2 Å². The zero-order chi connectivity index (χ0) is 14.9. The van der Waals surface area contributed by atoms with Gasteiger partial charge in [-0.3, -0.25) is 10.1 Å². The molecule has 1 heterocycles. The van der Waals surface area contributed by atoms with Crippen LogP contribution in [-0.2, 0) is 0 Å². The molecule has 0 unspecified atom stereocenters. The largest absolute Gasteiger partial charge is 0.383 e. The maximum Gasteiger partial charge on any atom is 0.276 e. The lowest BCUT2D eigenvalue weighted by atomic mass is 10.2. The van der Waals surface area contributed by atoms with E-state index in [0.717, 1.165) is 18.2 Å². The van der Waals surface area contributed by atoms with E-state index in [0.29, 0.717) is 6.07 Å². The molecule has 6 nitrogen and oxygen atoms in total. The summed E-state index contributed by atoms with van der Waals surface area (Å²) in [5, 5.41) is 12.9. The Bertz CT molecular complexity index is 694. The number of nitrogens with zero attached hydrogens (tertiary/aromatic N) is 2. The van der Waals surface area contributed by atoms with Gasteiger partial charge in [0.1, 0.15) is 11.6 Å². The molecule has 0 amide bonds. The van der Waals surface area contributed by atoms with Gasteiger partial charge in [0.05, 0.1) is 22.7 Å². The zero-order valence-corrected chi connectivity index (χ0v) is 9.73. The van der Waals surface area contributed by atoms with Gasteiger partial charge in [0, 0.05) is 0 Å². The summed E-state index contributed by atoms with van der Waals surface area (Å²) < 4.78 is 39.2. The number of pyridine rings is 1. The molecule has 104 valence electrons. The number of nitrogens with two attached hydrogens (primary N) is 1. The Kier molecular flexibility index (Phi) is 3.42. The number of hydrogen-bond acceptors (Lipinski definition) is 5. The second-order valence-electron chi connectivity index (χ2n) is 3.74. The molecule has 0 spiro atoms. The molecule has 2 aromatic rings. The van der Waals surface area contributed by atoms with Crippen molar-refractivity contribution >= 4 is 23.0 Å². The summed E-state index contributed by atoms with van der Waals surface area (Å²) in [5.41, 5.74) is 4.57. The summed E-state index contributed by atoms with van der Waals surface area (Å²) in [6, 6.07) is 3.63. The summed E-state index contributed by atoms with van der Waals surface area (Å²) in [7, 11) is 0. The van der Waals surface area contributed by atoms with Crippen LogP contribution in [0.1, 0.15) is 0 Å². The number of nitro groups is 1. The molecule has 1 aromatic heterocycles. The number of hydrogen-bond donors (Lipinski definition) is 2. The monoisotopic (exact) mass is 284 g/mol. The first kappa shape index (κ1) is 13.6. The quantitative estimate of drug-likeness (QED) is 0.513.